The molecule has 0 radical (unpaired) electrons. The van der Waals surface area contributed by atoms with E-state index in [1.54, 1.807) is 24.4 Å². The number of anilines is 2. The lowest BCUT2D eigenvalue weighted by Gasteiger charge is -2.26. The second kappa shape index (κ2) is 7.19. The molecule has 4 aromatic heterocycles. The minimum atomic E-state index is -0.510. The van der Waals surface area contributed by atoms with Crippen molar-refractivity contribution in [2.45, 2.75) is 12.6 Å². The normalized spacial score (nSPS) is 14.0. The Hall–Kier alpha value is -3.86. The van der Waals surface area contributed by atoms with Crippen LogP contribution in [0.1, 0.15) is 0 Å². The standard InChI is InChI=1S/C19H16FN7O3/c20-11-3-4-14(22-7-11)24-16(28)8-26-17-6-15(23-12-9-30-10-12)25-27(17)18-13(19(26)29)2-1-5-21-18/h1-7,12H,8-10H2,(H,23,25)(H,22,24,28). The van der Waals surface area contributed by atoms with E-state index in [4.69, 9.17) is 4.74 Å². The number of hydrogen-bond acceptors (Lipinski definition) is 7. The summed E-state index contributed by atoms with van der Waals surface area (Å²) in [5, 5.41) is 10.6. The van der Waals surface area contributed by atoms with Gasteiger partial charge < -0.3 is 15.4 Å². The van der Waals surface area contributed by atoms with Crippen LogP contribution < -0.4 is 16.2 Å². The zero-order valence-corrected chi connectivity index (χ0v) is 15.6. The zero-order valence-electron chi connectivity index (χ0n) is 15.6. The van der Waals surface area contributed by atoms with E-state index in [1.165, 1.54) is 21.2 Å². The fraction of sp³-hybridized carbons (Fsp3) is 0.211. The van der Waals surface area contributed by atoms with Crippen LogP contribution in [0.4, 0.5) is 16.0 Å². The highest BCUT2D eigenvalue weighted by Crippen LogP contribution is 2.18. The van der Waals surface area contributed by atoms with Crippen molar-refractivity contribution in [2.24, 2.45) is 0 Å². The summed E-state index contributed by atoms with van der Waals surface area (Å²) in [6.45, 7) is 0.878. The van der Waals surface area contributed by atoms with Crippen LogP contribution in [-0.4, -0.2) is 49.3 Å². The second-order valence-corrected chi connectivity index (χ2v) is 6.85. The first-order valence-corrected chi connectivity index (χ1v) is 9.21. The van der Waals surface area contributed by atoms with Gasteiger partial charge in [0.1, 0.15) is 23.8 Å². The van der Waals surface area contributed by atoms with Gasteiger partial charge in [-0.15, -0.1) is 5.10 Å². The molecule has 2 N–H and O–H groups in total. The molecule has 0 saturated carbocycles. The van der Waals surface area contributed by atoms with Crippen LogP contribution in [0.3, 0.4) is 0 Å². The molecule has 0 bridgehead atoms. The fourth-order valence-corrected chi connectivity index (χ4v) is 3.23. The van der Waals surface area contributed by atoms with E-state index in [9.17, 15) is 14.0 Å². The summed E-state index contributed by atoms with van der Waals surface area (Å²) < 4.78 is 21.0. The average Bonchev–Trinajstić information content (AvgIpc) is 3.14. The molecule has 30 heavy (non-hydrogen) atoms. The molecule has 11 heteroatoms. The Balaban J connectivity index is 1.54. The van der Waals surface area contributed by atoms with Crippen LogP contribution in [0.15, 0.2) is 47.5 Å². The minimum Gasteiger partial charge on any atom is -0.377 e. The van der Waals surface area contributed by atoms with Gasteiger partial charge in [-0.3, -0.25) is 14.2 Å². The van der Waals surface area contributed by atoms with Gasteiger partial charge in [0.25, 0.3) is 5.56 Å². The van der Waals surface area contributed by atoms with Gasteiger partial charge >= 0.3 is 0 Å². The van der Waals surface area contributed by atoms with Crippen LogP contribution in [-0.2, 0) is 16.1 Å². The van der Waals surface area contributed by atoms with E-state index in [1.807, 2.05) is 0 Å². The average molecular weight is 409 g/mol. The SMILES string of the molecule is O=C(Cn1c(=O)c2cccnc2n2nc(NC3COC3)cc12)Nc1ccc(F)cn1. The number of fused-ring (bicyclic) bond motifs is 3. The lowest BCUT2D eigenvalue weighted by molar-refractivity contribution is -0.116. The summed E-state index contributed by atoms with van der Waals surface area (Å²) in [5.41, 5.74) is 0.440. The molecule has 0 atom stereocenters. The number of ether oxygens (including phenoxy) is 1. The number of carbonyl (C=O) groups excluding carboxylic acids is 1. The van der Waals surface area contributed by atoms with Gasteiger partial charge in [-0.2, -0.15) is 4.52 Å². The maximum atomic E-state index is 13.1. The number of halogens is 1. The van der Waals surface area contributed by atoms with E-state index >= 15 is 0 Å². The molecule has 1 aliphatic heterocycles. The highest BCUT2D eigenvalue weighted by Gasteiger charge is 2.21. The van der Waals surface area contributed by atoms with Crippen molar-refractivity contribution >= 4 is 34.2 Å². The van der Waals surface area contributed by atoms with Crippen molar-refractivity contribution in [3.63, 3.8) is 0 Å². The van der Waals surface area contributed by atoms with Crippen molar-refractivity contribution in [1.29, 1.82) is 0 Å². The van der Waals surface area contributed by atoms with Gasteiger partial charge in [0.05, 0.1) is 30.8 Å². The molecule has 1 fully saturated rings. The summed E-state index contributed by atoms with van der Waals surface area (Å²) in [6, 6.07) is 7.65. The number of nitrogens with zero attached hydrogens (tertiary/aromatic N) is 5. The van der Waals surface area contributed by atoms with Crippen molar-refractivity contribution < 1.29 is 13.9 Å². The Labute approximate surface area is 168 Å². The Kier molecular flexibility index (Phi) is 4.36. The Bertz CT molecular complexity index is 1310. The molecule has 0 spiro atoms. The molecule has 0 aliphatic carbocycles. The van der Waals surface area contributed by atoms with Gasteiger partial charge in [-0.1, -0.05) is 0 Å². The molecule has 1 amide bonds. The Morgan fingerprint density at radius 2 is 2.10 bits per heavy atom. The number of hydrogen-bond donors (Lipinski definition) is 2. The summed E-state index contributed by atoms with van der Waals surface area (Å²) >= 11 is 0. The molecule has 0 aromatic carbocycles. The second-order valence-electron chi connectivity index (χ2n) is 6.85. The van der Waals surface area contributed by atoms with E-state index < -0.39 is 11.7 Å². The lowest BCUT2D eigenvalue weighted by Crippen LogP contribution is -2.40. The summed E-state index contributed by atoms with van der Waals surface area (Å²) in [5.74, 6) is -0.252. The quantitative estimate of drug-likeness (QED) is 0.506. The first-order chi connectivity index (χ1) is 14.6. The zero-order chi connectivity index (χ0) is 20.7. The van der Waals surface area contributed by atoms with E-state index in [0.717, 1.165) is 6.20 Å². The Morgan fingerprint density at radius 3 is 2.83 bits per heavy atom. The molecule has 5 heterocycles. The number of pyridine rings is 2. The molecule has 5 rings (SSSR count). The maximum absolute atomic E-state index is 13.1. The van der Waals surface area contributed by atoms with Crippen LogP contribution in [0.2, 0.25) is 0 Å². The monoisotopic (exact) mass is 409 g/mol. The molecule has 0 unspecified atom stereocenters. The molecule has 1 saturated heterocycles. The van der Waals surface area contributed by atoms with Gasteiger partial charge in [0.2, 0.25) is 5.91 Å². The van der Waals surface area contributed by atoms with E-state index in [2.05, 4.69) is 25.7 Å². The van der Waals surface area contributed by atoms with Crippen molar-refractivity contribution in [1.82, 2.24) is 24.1 Å². The van der Waals surface area contributed by atoms with Gasteiger partial charge in [0, 0.05) is 12.3 Å². The first-order valence-electron chi connectivity index (χ1n) is 9.21. The molecular formula is C19H16FN7O3. The van der Waals surface area contributed by atoms with Crippen LogP contribution >= 0.6 is 0 Å². The molecular weight excluding hydrogens is 393 g/mol. The largest absolute Gasteiger partial charge is 0.377 e. The summed E-state index contributed by atoms with van der Waals surface area (Å²) in [6.07, 6.45) is 2.58. The number of carbonyl (C=O) groups is 1. The van der Waals surface area contributed by atoms with Gasteiger partial charge in [-0.05, 0) is 24.3 Å². The molecule has 4 aromatic rings. The summed E-state index contributed by atoms with van der Waals surface area (Å²) in [7, 11) is 0. The highest BCUT2D eigenvalue weighted by molar-refractivity contribution is 5.90. The predicted molar refractivity (Wildman–Crippen MR) is 106 cm³/mol. The number of aromatic nitrogens is 5. The third-order valence-electron chi connectivity index (χ3n) is 4.72. The predicted octanol–water partition coefficient (Wildman–Crippen LogP) is 1.03. The third-order valence-corrected chi connectivity index (χ3v) is 4.72. The smallest absolute Gasteiger partial charge is 0.263 e. The molecule has 1 aliphatic rings. The third kappa shape index (κ3) is 3.24. The highest BCUT2D eigenvalue weighted by atomic mass is 19.1. The van der Waals surface area contributed by atoms with Crippen molar-refractivity contribution in [3.05, 3.63) is 58.9 Å². The molecule has 10 nitrogen and oxygen atoms in total. The van der Waals surface area contributed by atoms with E-state index in [0.29, 0.717) is 35.7 Å². The number of amides is 1. The van der Waals surface area contributed by atoms with Crippen LogP contribution in [0.5, 0.6) is 0 Å². The number of rotatable bonds is 5. The van der Waals surface area contributed by atoms with E-state index in [-0.39, 0.29) is 24.0 Å². The summed E-state index contributed by atoms with van der Waals surface area (Å²) in [4.78, 5) is 33.7. The molecule has 152 valence electrons. The van der Waals surface area contributed by atoms with Crippen molar-refractivity contribution in [2.75, 3.05) is 23.8 Å². The fourth-order valence-electron chi connectivity index (χ4n) is 3.23. The Morgan fingerprint density at radius 1 is 1.23 bits per heavy atom. The topological polar surface area (TPSA) is 115 Å². The van der Waals surface area contributed by atoms with Gasteiger partial charge in [0.15, 0.2) is 11.5 Å². The maximum Gasteiger partial charge on any atom is 0.263 e. The van der Waals surface area contributed by atoms with Gasteiger partial charge in [-0.25, -0.2) is 14.4 Å². The lowest BCUT2D eigenvalue weighted by atomic mass is 10.2. The van der Waals surface area contributed by atoms with Crippen LogP contribution in [0.25, 0.3) is 16.7 Å². The number of nitrogens with one attached hydrogen (secondary N) is 2. The van der Waals surface area contributed by atoms with Crippen molar-refractivity contribution in [3.8, 4) is 0 Å². The minimum absolute atomic E-state index is 0.141. The van der Waals surface area contributed by atoms with Crippen LogP contribution in [0, 0.1) is 5.82 Å². The first kappa shape index (κ1) is 18.2.